The Morgan fingerprint density at radius 3 is 2.15 bits per heavy atom. The fourth-order valence-corrected chi connectivity index (χ4v) is 2.82. The summed E-state index contributed by atoms with van der Waals surface area (Å²) in [6.45, 7) is 4.20. The molecule has 1 amide bonds. The van der Waals surface area contributed by atoms with Gasteiger partial charge in [-0.25, -0.2) is 0 Å². The van der Waals surface area contributed by atoms with Crippen molar-refractivity contribution in [3.05, 3.63) is 84.4 Å². The second kappa shape index (κ2) is 8.34. The largest absolute Gasteiger partial charge is 0.484 e. The van der Waals surface area contributed by atoms with Crippen molar-refractivity contribution in [2.45, 2.75) is 19.8 Å². The molecule has 0 radical (unpaired) electrons. The molecule has 0 aromatic heterocycles. The van der Waals surface area contributed by atoms with E-state index in [2.05, 4.69) is 31.3 Å². The fourth-order valence-electron chi connectivity index (χ4n) is 2.82. The quantitative estimate of drug-likeness (QED) is 0.641. The molecule has 3 aromatic carbocycles. The molecule has 0 spiro atoms. The smallest absolute Gasteiger partial charge is 0.262 e. The van der Waals surface area contributed by atoms with E-state index in [4.69, 9.17) is 4.74 Å². The summed E-state index contributed by atoms with van der Waals surface area (Å²) < 4.78 is 5.62. The number of nitrogens with one attached hydrogen (secondary N) is 1. The van der Waals surface area contributed by atoms with E-state index in [1.165, 1.54) is 0 Å². The minimum Gasteiger partial charge on any atom is -0.484 e. The standard InChI is InChI=1S/C23H23NO2/c1-17(2)21-10-6-7-11-22(21)24-23(25)16-26-20-14-12-19(13-15-20)18-8-4-3-5-9-18/h3-15,17H,16H2,1-2H3,(H,24,25). The lowest BCUT2D eigenvalue weighted by molar-refractivity contribution is -0.118. The second-order valence-corrected chi connectivity index (χ2v) is 6.47. The minimum absolute atomic E-state index is 0.0168. The summed E-state index contributed by atoms with van der Waals surface area (Å²) in [5.74, 6) is 0.861. The van der Waals surface area contributed by atoms with Gasteiger partial charge in [0.15, 0.2) is 6.61 Å². The van der Waals surface area contributed by atoms with Crippen molar-refractivity contribution in [3.8, 4) is 16.9 Å². The van der Waals surface area contributed by atoms with Crippen LogP contribution in [0.1, 0.15) is 25.3 Å². The highest BCUT2D eigenvalue weighted by Gasteiger charge is 2.09. The van der Waals surface area contributed by atoms with Crippen molar-refractivity contribution >= 4 is 11.6 Å². The molecule has 0 heterocycles. The molecule has 26 heavy (non-hydrogen) atoms. The Morgan fingerprint density at radius 1 is 0.846 bits per heavy atom. The van der Waals surface area contributed by atoms with Crippen molar-refractivity contribution in [1.82, 2.24) is 0 Å². The average Bonchev–Trinajstić information content (AvgIpc) is 2.68. The summed E-state index contributed by atoms with van der Waals surface area (Å²) in [6.07, 6.45) is 0. The zero-order valence-electron chi connectivity index (χ0n) is 15.1. The number of rotatable bonds is 6. The highest BCUT2D eigenvalue weighted by atomic mass is 16.5. The molecule has 0 aliphatic heterocycles. The van der Waals surface area contributed by atoms with Gasteiger partial charge in [-0.1, -0.05) is 74.5 Å². The van der Waals surface area contributed by atoms with Crippen LogP contribution >= 0.6 is 0 Å². The van der Waals surface area contributed by atoms with Crippen LogP contribution < -0.4 is 10.1 Å². The molecule has 3 rings (SSSR count). The molecule has 3 nitrogen and oxygen atoms in total. The van der Waals surface area contributed by atoms with E-state index >= 15 is 0 Å². The maximum atomic E-state index is 12.2. The maximum absolute atomic E-state index is 12.2. The lowest BCUT2D eigenvalue weighted by atomic mass is 10.0. The third kappa shape index (κ3) is 4.51. The molecular weight excluding hydrogens is 322 g/mol. The van der Waals surface area contributed by atoms with E-state index in [9.17, 15) is 4.79 Å². The van der Waals surface area contributed by atoms with Crippen molar-refractivity contribution in [2.24, 2.45) is 0 Å². The number of hydrogen-bond acceptors (Lipinski definition) is 2. The van der Waals surface area contributed by atoms with E-state index in [1.54, 1.807) is 0 Å². The third-order valence-electron chi connectivity index (χ3n) is 4.19. The summed E-state index contributed by atoms with van der Waals surface area (Å²) in [6, 6.07) is 25.8. The summed E-state index contributed by atoms with van der Waals surface area (Å²) in [7, 11) is 0. The third-order valence-corrected chi connectivity index (χ3v) is 4.19. The van der Waals surface area contributed by atoms with Gasteiger partial charge in [-0.15, -0.1) is 0 Å². The predicted molar refractivity (Wildman–Crippen MR) is 107 cm³/mol. The van der Waals surface area contributed by atoms with Crippen LogP contribution in [0, 0.1) is 0 Å². The van der Waals surface area contributed by atoms with Crippen molar-refractivity contribution in [3.63, 3.8) is 0 Å². The van der Waals surface area contributed by atoms with Crippen LogP contribution in [0.3, 0.4) is 0 Å². The molecular formula is C23H23NO2. The van der Waals surface area contributed by atoms with Gasteiger partial charge in [-0.3, -0.25) is 4.79 Å². The molecule has 3 heteroatoms. The molecule has 0 saturated heterocycles. The first-order chi connectivity index (χ1) is 12.6. The molecule has 132 valence electrons. The first kappa shape index (κ1) is 17.7. The SMILES string of the molecule is CC(C)c1ccccc1NC(=O)COc1ccc(-c2ccccc2)cc1. The van der Waals surface area contributed by atoms with Crippen LogP contribution in [0.25, 0.3) is 11.1 Å². The first-order valence-corrected chi connectivity index (χ1v) is 8.80. The Labute approximate surface area is 154 Å². The first-order valence-electron chi connectivity index (χ1n) is 8.80. The molecule has 0 unspecified atom stereocenters. The molecule has 0 saturated carbocycles. The van der Waals surface area contributed by atoms with Crippen LogP contribution in [0.4, 0.5) is 5.69 Å². The van der Waals surface area contributed by atoms with Gasteiger partial charge in [-0.05, 0) is 40.8 Å². The second-order valence-electron chi connectivity index (χ2n) is 6.47. The molecule has 3 aromatic rings. The Hall–Kier alpha value is -3.07. The molecule has 0 aliphatic rings. The van der Waals surface area contributed by atoms with Gasteiger partial charge in [0.25, 0.3) is 5.91 Å². The zero-order chi connectivity index (χ0) is 18.4. The topological polar surface area (TPSA) is 38.3 Å². The number of amides is 1. The van der Waals surface area contributed by atoms with E-state index in [0.29, 0.717) is 11.7 Å². The van der Waals surface area contributed by atoms with E-state index in [0.717, 1.165) is 22.4 Å². The number of ether oxygens (including phenoxy) is 1. The highest BCUT2D eigenvalue weighted by molar-refractivity contribution is 5.92. The van der Waals surface area contributed by atoms with E-state index < -0.39 is 0 Å². The van der Waals surface area contributed by atoms with Gasteiger partial charge in [0, 0.05) is 5.69 Å². The number of hydrogen-bond donors (Lipinski definition) is 1. The van der Waals surface area contributed by atoms with Crippen LogP contribution in [0.15, 0.2) is 78.9 Å². The highest BCUT2D eigenvalue weighted by Crippen LogP contribution is 2.24. The Balaban J connectivity index is 1.58. The van der Waals surface area contributed by atoms with E-state index in [-0.39, 0.29) is 12.5 Å². The summed E-state index contributed by atoms with van der Waals surface area (Å²) >= 11 is 0. The fraction of sp³-hybridized carbons (Fsp3) is 0.174. The summed E-state index contributed by atoms with van der Waals surface area (Å²) in [4.78, 5) is 12.2. The minimum atomic E-state index is -0.162. The van der Waals surface area contributed by atoms with Crippen molar-refractivity contribution in [1.29, 1.82) is 0 Å². The van der Waals surface area contributed by atoms with Crippen LogP contribution in [0.5, 0.6) is 5.75 Å². The monoisotopic (exact) mass is 345 g/mol. The van der Waals surface area contributed by atoms with Gasteiger partial charge >= 0.3 is 0 Å². The molecule has 0 atom stereocenters. The van der Waals surface area contributed by atoms with Crippen molar-refractivity contribution < 1.29 is 9.53 Å². The number of para-hydroxylation sites is 1. The average molecular weight is 345 g/mol. The molecule has 0 fully saturated rings. The number of carbonyl (C=O) groups excluding carboxylic acids is 1. The molecule has 0 aliphatic carbocycles. The lowest BCUT2D eigenvalue weighted by Crippen LogP contribution is -2.21. The Bertz CT molecular complexity index is 855. The summed E-state index contributed by atoms with van der Waals surface area (Å²) in [5.41, 5.74) is 4.24. The number of carbonyl (C=O) groups is 1. The normalized spacial score (nSPS) is 10.6. The Kier molecular flexibility index (Phi) is 5.69. The van der Waals surface area contributed by atoms with Gasteiger partial charge in [0.05, 0.1) is 0 Å². The van der Waals surface area contributed by atoms with Gasteiger partial charge in [-0.2, -0.15) is 0 Å². The van der Waals surface area contributed by atoms with Gasteiger partial charge < -0.3 is 10.1 Å². The van der Waals surface area contributed by atoms with Crippen LogP contribution in [-0.4, -0.2) is 12.5 Å². The van der Waals surface area contributed by atoms with Crippen molar-refractivity contribution in [2.75, 3.05) is 11.9 Å². The maximum Gasteiger partial charge on any atom is 0.262 e. The number of benzene rings is 3. The van der Waals surface area contributed by atoms with Crippen LogP contribution in [-0.2, 0) is 4.79 Å². The van der Waals surface area contributed by atoms with Crippen LogP contribution in [0.2, 0.25) is 0 Å². The predicted octanol–water partition coefficient (Wildman–Crippen LogP) is 5.49. The Morgan fingerprint density at radius 2 is 1.46 bits per heavy atom. The number of anilines is 1. The molecule has 0 bridgehead atoms. The molecule has 1 N–H and O–H groups in total. The van der Waals surface area contributed by atoms with Gasteiger partial charge in [0.2, 0.25) is 0 Å². The van der Waals surface area contributed by atoms with E-state index in [1.807, 2.05) is 66.7 Å². The zero-order valence-corrected chi connectivity index (χ0v) is 15.1. The van der Waals surface area contributed by atoms with Gasteiger partial charge in [0.1, 0.15) is 5.75 Å². The lowest BCUT2D eigenvalue weighted by Gasteiger charge is -2.14. The summed E-state index contributed by atoms with van der Waals surface area (Å²) in [5, 5.41) is 2.94.